The molecule has 0 bridgehead atoms. The zero-order valence-corrected chi connectivity index (χ0v) is 14.7. The predicted octanol–water partition coefficient (Wildman–Crippen LogP) is 4.35. The Kier molecular flexibility index (Phi) is 4.24. The SMILES string of the molecule is CC(F)(F)COc1ccc(C2CC(=O)N2c2ccc3[nH]cnc3c2)c(F)c1F. The lowest BCUT2D eigenvalue weighted by atomic mass is 9.92. The van der Waals surface area contributed by atoms with Gasteiger partial charge < -0.3 is 14.6 Å². The maximum atomic E-state index is 14.6. The van der Waals surface area contributed by atoms with Gasteiger partial charge in [0.25, 0.3) is 5.92 Å². The van der Waals surface area contributed by atoms with Crippen molar-refractivity contribution in [3.8, 4) is 5.75 Å². The van der Waals surface area contributed by atoms with E-state index in [2.05, 4.69) is 14.7 Å². The van der Waals surface area contributed by atoms with Gasteiger partial charge in [0.1, 0.15) is 0 Å². The average Bonchev–Trinajstić information content (AvgIpc) is 3.08. The summed E-state index contributed by atoms with van der Waals surface area (Å²) >= 11 is 0. The van der Waals surface area contributed by atoms with Crippen molar-refractivity contribution >= 4 is 22.6 Å². The molecule has 1 amide bonds. The third-order valence-electron chi connectivity index (χ3n) is 4.55. The number of aromatic amines is 1. The van der Waals surface area contributed by atoms with Crippen molar-refractivity contribution in [3.05, 3.63) is 53.9 Å². The van der Waals surface area contributed by atoms with Crippen molar-refractivity contribution in [1.82, 2.24) is 9.97 Å². The first-order valence-electron chi connectivity index (χ1n) is 8.48. The van der Waals surface area contributed by atoms with Gasteiger partial charge in [-0.25, -0.2) is 18.2 Å². The molecule has 0 radical (unpaired) electrons. The van der Waals surface area contributed by atoms with Crippen LogP contribution in [-0.2, 0) is 4.79 Å². The fourth-order valence-electron chi connectivity index (χ4n) is 3.18. The van der Waals surface area contributed by atoms with Crippen LogP contribution in [0.5, 0.6) is 5.75 Å². The highest BCUT2D eigenvalue weighted by Gasteiger charge is 2.40. The number of amides is 1. The van der Waals surface area contributed by atoms with E-state index < -0.39 is 36.0 Å². The molecule has 1 atom stereocenters. The summed E-state index contributed by atoms with van der Waals surface area (Å²) in [5.41, 5.74) is 1.87. The molecule has 1 aromatic heterocycles. The molecule has 2 heterocycles. The first-order valence-corrected chi connectivity index (χ1v) is 8.48. The number of fused-ring (bicyclic) bond motifs is 1. The van der Waals surface area contributed by atoms with Crippen molar-refractivity contribution in [2.75, 3.05) is 11.5 Å². The minimum absolute atomic E-state index is 0.00218. The quantitative estimate of drug-likeness (QED) is 0.518. The van der Waals surface area contributed by atoms with E-state index in [9.17, 15) is 22.4 Å². The molecule has 1 aliphatic rings. The van der Waals surface area contributed by atoms with Crippen molar-refractivity contribution in [2.45, 2.75) is 25.3 Å². The summed E-state index contributed by atoms with van der Waals surface area (Å²) in [6, 6.07) is 6.72. The number of carbonyl (C=O) groups is 1. The average molecular weight is 393 g/mol. The standard InChI is InChI=1S/C19H15F4N3O2/c1-19(22,23)8-28-15-5-3-11(17(20)18(15)21)14-7-16(27)26(14)10-2-4-12-13(6-10)25-9-24-12/h2-6,9,14H,7-8H2,1H3,(H,24,25). The number of imidazole rings is 1. The molecule has 0 spiro atoms. The Labute approximate surface area is 156 Å². The van der Waals surface area contributed by atoms with E-state index in [1.54, 1.807) is 18.2 Å². The van der Waals surface area contributed by atoms with Crippen LogP contribution in [0.15, 0.2) is 36.7 Å². The monoisotopic (exact) mass is 393 g/mol. The van der Waals surface area contributed by atoms with Gasteiger partial charge in [0.05, 0.1) is 29.8 Å². The lowest BCUT2D eigenvalue weighted by Crippen LogP contribution is -2.47. The Morgan fingerprint density at radius 3 is 2.75 bits per heavy atom. The first kappa shape index (κ1) is 18.3. The molecule has 9 heteroatoms. The number of alkyl halides is 2. The molecule has 4 rings (SSSR count). The molecule has 2 aromatic carbocycles. The summed E-state index contributed by atoms with van der Waals surface area (Å²) in [5, 5.41) is 0. The number of rotatable bonds is 5. The summed E-state index contributed by atoms with van der Waals surface area (Å²) in [7, 11) is 0. The molecule has 5 nitrogen and oxygen atoms in total. The second kappa shape index (κ2) is 6.50. The number of H-pyrrole nitrogens is 1. The Bertz CT molecular complexity index is 1060. The molecule has 1 saturated heterocycles. The Morgan fingerprint density at radius 1 is 1.25 bits per heavy atom. The Balaban J connectivity index is 1.63. The van der Waals surface area contributed by atoms with Crippen LogP contribution in [0.4, 0.5) is 23.2 Å². The van der Waals surface area contributed by atoms with Crippen LogP contribution in [0.1, 0.15) is 24.9 Å². The number of halogens is 4. The van der Waals surface area contributed by atoms with Crippen molar-refractivity contribution < 1.29 is 27.1 Å². The zero-order valence-electron chi connectivity index (χ0n) is 14.7. The van der Waals surface area contributed by atoms with E-state index in [0.29, 0.717) is 18.1 Å². The second-order valence-corrected chi connectivity index (χ2v) is 6.73. The number of hydrogen-bond donors (Lipinski definition) is 1. The fourth-order valence-corrected chi connectivity index (χ4v) is 3.18. The number of anilines is 1. The van der Waals surface area contributed by atoms with Gasteiger partial charge >= 0.3 is 0 Å². The number of benzene rings is 2. The molecule has 3 aromatic rings. The number of carbonyl (C=O) groups excluding carboxylic acids is 1. The molecule has 1 N–H and O–H groups in total. The minimum Gasteiger partial charge on any atom is -0.484 e. The highest BCUT2D eigenvalue weighted by atomic mass is 19.3. The van der Waals surface area contributed by atoms with E-state index in [0.717, 1.165) is 11.6 Å². The molecule has 1 fully saturated rings. The van der Waals surface area contributed by atoms with Crippen LogP contribution < -0.4 is 9.64 Å². The lowest BCUT2D eigenvalue weighted by Gasteiger charge is -2.40. The van der Waals surface area contributed by atoms with E-state index in [1.807, 2.05) is 0 Å². The number of nitrogens with zero attached hydrogens (tertiary/aromatic N) is 2. The van der Waals surface area contributed by atoms with Gasteiger partial charge in [0, 0.05) is 18.2 Å². The molecule has 28 heavy (non-hydrogen) atoms. The largest absolute Gasteiger partial charge is 0.484 e. The van der Waals surface area contributed by atoms with E-state index in [4.69, 9.17) is 0 Å². The molecule has 1 aliphatic heterocycles. The zero-order chi connectivity index (χ0) is 20.1. The number of hydrogen-bond acceptors (Lipinski definition) is 3. The Morgan fingerprint density at radius 2 is 2.04 bits per heavy atom. The third-order valence-corrected chi connectivity index (χ3v) is 4.55. The van der Waals surface area contributed by atoms with E-state index in [1.165, 1.54) is 17.3 Å². The smallest absolute Gasteiger partial charge is 0.278 e. The van der Waals surface area contributed by atoms with Crippen LogP contribution in [0.2, 0.25) is 0 Å². The summed E-state index contributed by atoms with van der Waals surface area (Å²) < 4.78 is 59.3. The van der Waals surface area contributed by atoms with E-state index >= 15 is 0 Å². The minimum atomic E-state index is -3.18. The van der Waals surface area contributed by atoms with E-state index in [-0.39, 0.29) is 17.9 Å². The van der Waals surface area contributed by atoms with Crippen LogP contribution in [0.3, 0.4) is 0 Å². The van der Waals surface area contributed by atoms with Crippen LogP contribution in [0.25, 0.3) is 11.0 Å². The molecule has 1 unspecified atom stereocenters. The topological polar surface area (TPSA) is 58.2 Å². The maximum absolute atomic E-state index is 14.6. The van der Waals surface area contributed by atoms with Gasteiger partial charge in [-0.3, -0.25) is 4.79 Å². The van der Waals surface area contributed by atoms with Gasteiger partial charge in [-0.15, -0.1) is 0 Å². The molecule has 0 aliphatic carbocycles. The number of nitrogens with one attached hydrogen (secondary N) is 1. The lowest BCUT2D eigenvalue weighted by molar-refractivity contribution is -0.124. The van der Waals surface area contributed by atoms with Crippen LogP contribution in [0, 0.1) is 11.6 Å². The van der Waals surface area contributed by atoms with Crippen molar-refractivity contribution in [2.24, 2.45) is 0 Å². The van der Waals surface area contributed by atoms with Crippen molar-refractivity contribution in [1.29, 1.82) is 0 Å². The van der Waals surface area contributed by atoms with Gasteiger partial charge in [-0.2, -0.15) is 4.39 Å². The number of ether oxygens (including phenoxy) is 1. The molecule has 146 valence electrons. The number of aromatic nitrogens is 2. The maximum Gasteiger partial charge on any atom is 0.278 e. The van der Waals surface area contributed by atoms with Gasteiger partial charge in [0.2, 0.25) is 11.7 Å². The first-order chi connectivity index (χ1) is 13.2. The fraction of sp³-hybridized carbons (Fsp3) is 0.263. The Hall–Kier alpha value is -3.10. The number of β-lactam (4-membered cyclic amide) rings is 1. The highest BCUT2D eigenvalue weighted by molar-refractivity contribution is 6.02. The van der Waals surface area contributed by atoms with Crippen molar-refractivity contribution in [3.63, 3.8) is 0 Å². The van der Waals surface area contributed by atoms with Gasteiger partial charge in [-0.1, -0.05) is 6.07 Å². The second-order valence-electron chi connectivity index (χ2n) is 6.73. The summed E-state index contributed by atoms with van der Waals surface area (Å²) in [6.07, 6.45) is 1.51. The third kappa shape index (κ3) is 3.17. The van der Waals surface area contributed by atoms with Crippen LogP contribution >= 0.6 is 0 Å². The molecule has 0 saturated carbocycles. The highest BCUT2D eigenvalue weighted by Crippen LogP contribution is 2.41. The summed E-state index contributed by atoms with van der Waals surface area (Å²) in [4.78, 5) is 20.5. The normalized spacial score (nSPS) is 17.1. The summed E-state index contributed by atoms with van der Waals surface area (Å²) in [6.45, 7) is -0.454. The predicted molar refractivity (Wildman–Crippen MR) is 93.4 cm³/mol. The molecular formula is C19H15F4N3O2. The summed E-state index contributed by atoms with van der Waals surface area (Å²) in [5.74, 6) is -6.60. The van der Waals surface area contributed by atoms with Gasteiger partial charge in [-0.05, 0) is 24.3 Å². The molecular weight excluding hydrogens is 378 g/mol. The van der Waals surface area contributed by atoms with Gasteiger partial charge in [0.15, 0.2) is 18.2 Å². The van der Waals surface area contributed by atoms with Crippen LogP contribution in [-0.4, -0.2) is 28.4 Å².